The molecule has 1 aromatic carbocycles. The van der Waals surface area contributed by atoms with Crippen molar-refractivity contribution in [2.24, 2.45) is 0 Å². The van der Waals surface area contributed by atoms with Gasteiger partial charge in [0, 0.05) is 56.2 Å². The minimum absolute atomic E-state index is 0.0491. The average Bonchev–Trinajstić information content (AvgIpc) is 2.87. The molecule has 1 fully saturated rings. The number of aryl methyl sites for hydroxylation is 2. The van der Waals surface area contributed by atoms with Crippen molar-refractivity contribution in [1.82, 2.24) is 9.47 Å². The van der Waals surface area contributed by atoms with Gasteiger partial charge in [0.2, 0.25) is 0 Å². The predicted octanol–water partition coefficient (Wildman–Crippen LogP) is 2.53. The van der Waals surface area contributed by atoms with Gasteiger partial charge in [0.1, 0.15) is 0 Å². The summed E-state index contributed by atoms with van der Waals surface area (Å²) in [7, 11) is 0. The topological polar surface area (TPSA) is 45.6 Å². The molecule has 132 valence electrons. The molecule has 0 bridgehead atoms. The maximum Gasteiger partial charge on any atom is 0.254 e. The molecule has 0 radical (unpaired) electrons. The largest absolute Gasteiger partial charge is 0.369 e. The minimum Gasteiger partial charge on any atom is -0.369 e. The van der Waals surface area contributed by atoms with Crippen LogP contribution in [0.5, 0.6) is 0 Å². The SMILES string of the molecule is CCn1ccc(C(=O)N2CCCN(c3ccccc3C)CC2)cc1=O. The van der Waals surface area contributed by atoms with Crippen LogP contribution in [0.25, 0.3) is 0 Å². The van der Waals surface area contributed by atoms with Crippen LogP contribution < -0.4 is 10.5 Å². The molecule has 2 heterocycles. The molecular weight excluding hydrogens is 314 g/mol. The lowest BCUT2D eigenvalue weighted by atomic mass is 10.2. The van der Waals surface area contributed by atoms with Gasteiger partial charge in [0.05, 0.1) is 0 Å². The molecule has 1 aromatic heterocycles. The summed E-state index contributed by atoms with van der Waals surface area (Å²) < 4.78 is 1.60. The van der Waals surface area contributed by atoms with E-state index >= 15 is 0 Å². The Balaban J connectivity index is 1.72. The van der Waals surface area contributed by atoms with E-state index in [1.807, 2.05) is 17.9 Å². The first-order chi connectivity index (χ1) is 12.1. The number of carbonyl (C=O) groups is 1. The lowest BCUT2D eigenvalue weighted by molar-refractivity contribution is 0.0766. The molecule has 1 aliphatic rings. The molecule has 0 saturated carbocycles. The number of benzene rings is 1. The smallest absolute Gasteiger partial charge is 0.254 e. The fraction of sp³-hybridized carbons (Fsp3) is 0.400. The highest BCUT2D eigenvalue weighted by Crippen LogP contribution is 2.21. The van der Waals surface area contributed by atoms with Gasteiger partial charge < -0.3 is 14.4 Å². The van der Waals surface area contributed by atoms with E-state index in [1.54, 1.807) is 16.8 Å². The maximum absolute atomic E-state index is 12.8. The van der Waals surface area contributed by atoms with Crippen molar-refractivity contribution in [3.05, 3.63) is 64.1 Å². The van der Waals surface area contributed by atoms with Gasteiger partial charge in [-0.15, -0.1) is 0 Å². The van der Waals surface area contributed by atoms with Gasteiger partial charge in [0.15, 0.2) is 0 Å². The molecule has 5 heteroatoms. The number of pyridine rings is 1. The molecule has 0 atom stereocenters. The van der Waals surface area contributed by atoms with Crippen LogP contribution in [0.15, 0.2) is 47.4 Å². The number of nitrogens with zero attached hydrogens (tertiary/aromatic N) is 3. The standard InChI is InChI=1S/C20H25N3O2/c1-3-21-12-9-17(15-19(21)24)20(25)23-11-6-10-22(13-14-23)18-8-5-4-7-16(18)2/h4-5,7-9,12,15H,3,6,10-11,13-14H2,1-2H3. The van der Waals surface area contributed by atoms with Crippen molar-refractivity contribution in [3.63, 3.8) is 0 Å². The summed E-state index contributed by atoms with van der Waals surface area (Å²) in [6.07, 6.45) is 2.62. The summed E-state index contributed by atoms with van der Waals surface area (Å²) in [5.41, 5.74) is 2.86. The molecule has 2 aromatic rings. The number of amides is 1. The third kappa shape index (κ3) is 3.76. The molecule has 0 unspecified atom stereocenters. The van der Waals surface area contributed by atoms with Crippen LogP contribution in [0.3, 0.4) is 0 Å². The highest BCUT2D eigenvalue weighted by Gasteiger charge is 2.21. The first kappa shape index (κ1) is 17.3. The van der Waals surface area contributed by atoms with E-state index in [1.165, 1.54) is 17.3 Å². The van der Waals surface area contributed by atoms with Crippen molar-refractivity contribution in [3.8, 4) is 0 Å². The van der Waals surface area contributed by atoms with Crippen molar-refractivity contribution in [2.75, 3.05) is 31.1 Å². The van der Waals surface area contributed by atoms with E-state index < -0.39 is 0 Å². The van der Waals surface area contributed by atoms with E-state index in [0.29, 0.717) is 18.7 Å². The minimum atomic E-state index is -0.121. The maximum atomic E-state index is 12.8. The molecule has 3 rings (SSSR count). The summed E-state index contributed by atoms with van der Waals surface area (Å²) in [6.45, 7) is 7.78. The Morgan fingerprint density at radius 1 is 1.08 bits per heavy atom. The summed E-state index contributed by atoms with van der Waals surface area (Å²) in [5, 5.41) is 0. The summed E-state index contributed by atoms with van der Waals surface area (Å²) >= 11 is 0. The van der Waals surface area contributed by atoms with Crippen molar-refractivity contribution >= 4 is 11.6 Å². The molecule has 0 aliphatic carbocycles. The normalized spacial score (nSPS) is 15.1. The molecular formula is C20H25N3O2. The van der Waals surface area contributed by atoms with Crippen LogP contribution in [0.2, 0.25) is 0 Å². The molecule has 1 saturated heterocycles. The van der Waals surface area contributed by atoms with Gasteiger partial charge in [-0.1, -0.05) is 18.2 Å². The number of carbonyl (C=O) groups excluding carboxylic acids is 1. The molecule has 0 N–H and O–H groups in total. The zero-order valence-corrected chi connectivity index (χ0v) is 14.9. The second kappa shape index (κ2) is 7.55. The molecule has 25 heavy (non-hydrogen) atoms. The Morgan fingerprint density at radius 2 is 1.88 bits per heavy atom. The number of anilines is 1. The van der Waals surface area contributed by atoms with Gasteiger partial charge in [-0.05, 0) is 38.0 Å². The number of rotatable bonds is 3. The lowest BCUT2D eigenvalue weighted by Crippen LogP contribution is -2.36. The van der Waals surface area contributed by atoms with Crippen LogP contribution in [-0.2, 0) is 6.54 Å². The van der Waals surface area contributed by atoms with E-state index in [2.05, 4.69) is 30.0 Å². The van der Waals surface area contributed by atoms with E-state index in [9.17, 15) is 9.59 Å². The summed E-state index contributed by atoms with van der Waals surface area (Å²) in [5.74, 6) is -0.0491. The fourth-order valence-corrected chi connectivity index (χ4v) is 3.36. The number of hydrogen-bond donors (Lipinski definition) is 0. The van der Waals surface area contributed by atoms with Crippen LogP contribution in [0.1, 0.15) is 29.3 Å². The average molecular weight is 339 g/mol. The van der Waals surface area contributed by atoms with Crippen molar-refractivity contribution in [1.29, 1.82) is 0 Å². The van der Waals surface area contributed by atoms with Crippen molar-refractivity contribution < 1.29 is 4.79 Å². The van der Waals surface area contributed by atoms with Gasteiger partial charge in [-0.2, -0.15) is 0 Å². The number of para-hydroxylation sites is 1. The Kier molecular flexibility index (Phi) is 5.22. The second-order valence-corrected chi connectivity index (χ2v) is 6.46. The fourth-order valence-electron chi connectivity index (χ4n) is 3.36. The lowest BCUT2D eigenvalue weighted by Gasteiger charge is -2.25. The first-order valence-corrected chi connectivity index (χ1v) is 8.90. The molecule has 1 amide bonds. The van der Waals surface area contributed by atoms with Gasteiger partial charge in [-0.3, -0.25) is 9.59 Å². The van der Waals surface area contributed by atoms with Crippen LogP contribution >= 0.6 is 0 Å². The quantitative estimate of drug-likeness (QED) is 0.863. The Labute approximate surface area is 148 Å². The molecule has 0 spiro atoms. The first-order valence-electron chi connectivity index (χ1n) is 8.90. The van der Waals surface area contributed by atoms with Crippen molar-refractivity contribution in [2.45, 2.75) is 26.8 Å². The Bertz CT molecular complexity index is 813. The molecule has 5 nitrogen and oxygen atoms in total. The van der Waals surface area contributed by atoms with Gasteiger partial charge in [-0.25, -0.2) is 0 Å². The van der Waals surface area contributed by atoms with Gasteiger partial charge >= 0.3 is 0 Å². The number of aromatic nitrogens is 1. The van der Waals surface area contributed by atoms with Gasteiger partial charge in [0.25, 0.3) is 11.5 Å². The van der Waals surface area contributed by atoms with E-state index in [-0.39, 0.29) is 11.5 Å². The van der Waals surface area contributed by atoms with Crippen LogP contribution in [0, 0.1) is 6.92 Å². The third-order valence-electron chi connectivity index (χ3n) is 4.82. The Morgan fingerprint density at radius 3 is 2.60 bits per heavy atom. The second-order valence-electron chi connectivity index (χ2n) is 6.46. The zero-order chi connectivity index (χ0) is 17.8. The monoisotopic (exact) mass is 339 g/mol. The van der Waals surface area contributed by atoms with E-state index in [4.69, 9.17) is 0 Å². The highest BCUT2D eigenvalue weighted by molar-refractivity contribution is 5.94. The zero-order valence-electron chi connectivity index (χ0n) is 14.9. The summed E-state index contributed by atoms with van der Waals surface area (Å²) in [6, 6.07) is 11.6. The highest BCUT2D eigenvalue weighted by atomic mass is 16.2. The Hall–Kier alpha value is -2.56. The number of hydrogen-bond acceptors (Lipinski definition) is 3. The molecule has 1 aliphatic heterocycles. The van der Waals surface area contributed by atoms with Crippen LogP contribution in [0.4, 0.5) is 5.69 Å². The predicted molar refractivity (Wildman–Crippen MR) is 100 cm³/mol. The van der Waals surface area contributed by atoms with Crippen LogP contribution in [-0.4, -0.2) is 41.6 Å². The third-order valence-corrected chi connectivity index (χ3v) is 4.82. The van der Waals surface area contributed by atoms with E-state index in [0.717, 1.165) is 26.1 Å². The summed E-state index contributed by atoms with van der Waals surface area (Å²) in [4.78, 5) is 29.0.